The van der Waals surface area contributed by atoms with Crippen LogP contribution in [-0.4, -0.2) is 30.6 Å². The molecule has 1 aromatic heterocycles. The molecule has 0 aliphatic rings. The maximum Gasteiger partial charge on any atom is 0.355 e. The van der Waals surface area contributed by atoms with Crippen molar-refractivity contribution in [3.05, 3.63) is 70.4 Å². The highest BCUT2D eigenvalue weighted by Gasteiger charge is 2.17. The lowest BCUT2D eigenvalue weighted by molar-refractivity contribution is -0.116. The van der Waals surface area contributed by atoms with Gasteiger partial charge < -0.3 is 19.8 Å². The number of hydrogen-bond donors (Lipinski definition) is 2. The molecule has 6 nitrogen and oxygen atoms in total. The molecule has 0 atom stereocenters. The fourth-order valence-electron chi connectivity index (χ4n) is 2.98. The molecule has 0 radical (unpaired) electrons. The fourth-order valence-corrected chi connectivity index (χ4v) is 3.15. The zero-order valence-corrected chi connectivity index (χ0v) is 16.9. The minimum absolute atomic E-state index is 0.248. The van der Waals surface area contributed by atoms with E-state index in [0.717, 1.165) is 10.9 Å². The molecule has 150 valence electrons. The number of rotatable bonds is 7. The van der Waals surface area contributed by atoms with E-state index in [4.69, 9.17) is 21.1 Å². The first-order valence-electron chi connectivity index (χ1n) is 9.09. The van der Waals surface area contributed by atoms with E-state index in [1.54, 1.807) is 38.3 Å². The lowest BCUT2D eigenvalue weighted by Gasteiger charge is -2.08. The van der Waals surface area contributed by atoms with E-state index in [-0.39, 0.29) is 18.2 Å². The summed E-state index contributed by atoms with van der Waals surface area (Å²) < 4.78 is 10.4. The summed E-state index contributed by atoms with van der Waals surface area (Å²) in [5, 5.41) is 4.12. The van der Waals surface area contributed by atoms with Crippen molar-refractivity contribution >= 4 is 40.5 Å². The van der Waals surface area contributed by atoms with Crippen LogP contribution in [0.3, 0.4) is 0 Å². The van der Waals surface area contributed by atoms with Crippen molar-refractivity contribution in [3.8, 4) is 5.75 Å². The van der Waals surface area contributed by atoms with Crippen molar-refractivity contribution < 1.29 is 19.1 Å². The number of para-hydroxylation sites is 1. The molecule has 3 aromatic rings. The second-order valence-electron chi connectivity index (χ2n) is 6.19. The van der Waals surface area contributed by atoms with Gasteiger partial charge in [0.2, 0.25) is 5.91 Å². The molecule has 0 saturated heterocycles. The third kappa shape index (κ3) is 4.78. The molecule has 0 fully saturated rings. The van der Waals surface area contributed by atoms with Gasteiger partial charge in [0.25, 0.3) is 0 Å². The van der Waals surface area contributed by atoms with Crippen LogP contribution in [0.25, 0.3) is 17.0 Å². The molecule has 2 aromatic carbocycles. The molecule has 0 unspecified atom stereocenters. The Hall–Kier alpha value is -3.25. The summed E-state index contributed by atoms with van der Waals surface area (Å²) in [5.41, 5.74) is 2.40. The van der Waals surface area contributed by atoms with Crippen LogP contribution in [0.5, 0.6) is 5.75 Å². The Morgan fingerprint density at radius 1 is 1.21 bits per heavy atom. The quantitative estimate of drug-likeness (QED) is 0.447. The van der Waals surface area contributed by atoms with Crippen molar-refractivity contribution in [2.45, 2.75) is 13.5 Å². The van der Waals surface area contributed by atoms with Crippen molar-refractivity contribution in [2.24, 2.45) is 0 Å². The average Bonchev–Trinajstić information content (AvgIpc) is 3.08. The van der Waals surface area contributed by atoms with E-state index in [0.29, 0.717) is 28.4 Å². The van der Waals surface area contributed by atoms with Gasteiger partial charge in [0, 0.05) is 39.7 Å². The van der Waals surface area contributed by atoms with Crippen LogP contribution in [0.2, 0.25) is 5.02 Å². The number of halogens is 1. The number of methoxy groups -OCH3 is 1. The number of carbonyl (C=O) groups is 2. The number of amides is 1. The molecule has 7 heteroatoms. The average molecular weight is 413 g/mol. The van der Waals surface area contributed by atoms with Crippen molar-refractivity contribution in [2.75, 3.05) is 13.7 Å². The van der Waals surface area contributed by atoms with Crippen LogP contribution in [0.4, 0.5) is 0 Å². The zero-order valence-electron chi connectivity index (χ0n) is 16.1. The van der Waals surface area contributed by atoms with Crippen LogP contribution in [0, 0.1) is 0 Å². The predicted molar refractivity (Wildman–Crippen MR) is 113 cm³/mol. The molecule has 1 heterocycles. The van der Waals surface area contributed by atoms with E-state index < -0.39 is 5.97 Å². The summed E-state index contributed by atoms with van der Waals surface area (Å²) in [4.78, 5) is 27.7. The van der Waals surface area contributed by atoms with Gasteiger partial charge in [0.05, 0.1) is 13.7 Å². The molecule has 29 heavy (non-hydrogen) atoms. The Kier molecular flexibility index (Phi) is 6.57. The first kappa shape index (κ1) is 20.5. The summed E-state index contributed by atoms with van der Waals surface area (Å²) in [7, 11) is 1.58. The number of nitrogens with one attached hydrogen (secondary N) is 2. The Morgan fingerprint density at radius 2 is 2.00 bits per heavy atom. The molecule has 0 aliphatic carbocycles. The molecular formula is C22H21ClN2O4. The molecule has 0 spiro atoms. The maximum absolute atomic E-state index is 12.3. The highest BCUT2D eigenvalue weighted by atomic mass is 35.5. The lowest BCUT2D eigenvalue weighted by Crippen LogP contribution is -2.20. The normalized spacial score (nSPS) is 11.0. The molecule has 1 amide bonds. The number of ether oxygens (including phenoxy) is 2. The Morgan fingerprint density at radius 3 is 2.76 bits per heavy atom. The van der Waals surface area contributed by atoms with Gasteiger partial charge >= 0.3 is 5.97 Å². The molecule has 0 aliphatic heterocycles. The fraction of sp³-hybridized carbons (Fsp3) is 0.182. The second-order valence-corrected chi connectivity index (χ2v) is 6.62. The number of fused-ring (bicyclic) bond motifs is 1. The maximum atomic E-state index is 12.3. The van der Waals surface area contributed by atoms with Crippen LogP contribution in [0.1, 0.15) is 28.5 Å². The lowest BCUT2D eigenvalue weighted by atomic mass is 10.1. The number of carbonyl (C=O) groups excluding carboxylic acids is 2. The van der Waals surface area contributed by atoms with Gasteiger partial charge in [-0.25, -0.2) is 4.79 Å². The van der Waals surface area contributed by atoms with Gasteiger partial charge in [-0.2, -0.15) is 0 Å². The van der Waals surface area contributed by atoms with E-state index in [1.807, 2.05) is 24.3 Å². The number of benzene rings is 2. The van der Waals surface area contributed by atoms with Crippen LogP contribution in [-0.2, 0) is 16.1 Å². The Balaban J connectivity index is 1.82. The smallest absolute Gasteiger partial charge is 0.355 e. The number of aromatic nitrogens is 1. The van der Waals surface area contributed by atoms with Crippen molar-refractivity contribution in [1.82, 2.24) is 10.3 Å². The largest absolute Gasteiger partial charge is 0.496 e. The third-order valence-corrected chi connectivity index (χ3v) is 4.56. The zero-order chi connectivity index (χ0) is 20.8. The van der Waals surface area contributed by atoms with E-state index in [9.17, 15) is 9.59 Å². The standard InChI is InChI=1S/C22H21ClN2O4/c1-3-29-22(27)21-17(16-9-8-15(23)12-18(16)25-21)10-11-20(26)24-13-14-6-4-5-7-19(14)28-2/h4-12,25H,3,13H2,1-2H3,(H,24,26)/b11-10+. The van der Waals surface area contributed by atoms with Gasteiger partial charge in [-0.15, -0.1) is 0 Å². The minimum Gasteiger partial charge on any atom is -0.496 e. The number of aromatic amines is 1. The van der Waals surface area contributed by atoms with Crippen LogP contribution < -0.4 is 10.1 Å². The second kappa shape index (κ2) is 9.30. The topological polar surface area (TPSA) is 80.4 Å². The number of H-pyrrole nitrogens is 1. The van der Waals surface area contributed by atoms with Gasteiger partial charge in [-0.3, -0.25) is 4.79 Å². The summed E-state index contributed by atoms with van der Waals surface area (Å²) in [5.74, 6) is -0.0854. The van der Waals surface area contributed by atoms with Gasteiger partial charge in [-0.05, 0) is 31.2 Å². The highest BCUT2D eigenvalue weighted by molar-refractivity contribution is 6.31. The monoisotopic (exact) mass is 412 g/mol. The number of esters is 1. The molecule has 3 rings (SSSR count). The first-order chi connectivity index (χ1) is 14.0. The SMILES string of the molecule is CCOC(=O)c1[nH]c2cc(Cl)ccc2c1/C=C/C(=O)NCc1ccccc1OC. The summed E-state index contributed by atoms with van der Waals surface area (Å²) in [6.45, 7) is 2.30. The Bertz CT molecular complexity index is 1070. The van der Waals surface area contributed by atoms with Gasteiger partial charge in [0.1, 0.15) is 11.4 Å². The van der Waals surface area contributed by atoms with E-state index >= 15 is 0 Å². The van der Waals surface area contributed by atoms with Crippen LogP contribution in [0.15, 0.2) is 48.5 Å². The molecular weight excluding hydrogens is 392 g/mol. The van der Waals surface area contributed by atoms with E-state index in [1.165, 1.54) is 6.08 Å². The molecule has 0 saturated carbocycles. The third-order valence-electron chi connectivity index (χ3n) is 4.33. The molecule has 2 N–H and O–H groups in total. The predicted octanol–water partition coefficient (Wildman–Crippen LogP) is 4.34. The first-order valence-corrected chi connectivity index (χ1v) is 9.47. The number of hydrogen-bond acceptors (Lipinski definition) is 4. The van der Waals surface area contributed by atoms with Crippen LogP contribution >= 0.6 is 11.6 Å². The van der Waals surface area contributed by atoms with Gasteiger partial charge in [-0.1, -0.05) is 35.9 Å². The highest BCUT2D eigenvalue weighted by Crippen LogP contribution is 2.27. The summed E-state index contributed by atoms with van der Waals surface area (Å²) in [6, 6.07) is 12.7. The minimum atomic E-state index is -0.492. The van der Waals surface area contributed by atoms with Crippen molar-refractivity contribution in [1.29, 1.82) is 0 Å². The molecule has 0 bridgehead atoms. The van der Waals surface area contributed by atoms with Crippen molar-refractivity contribution in [3.63, 3.8) is 0 Å². The van der Waals surface area contributed by atoms with Gasteiger partial charge in [0.15, 0.2) is 0 Å². The van der Waals surface area contributed by atoms with E-state index in [2.05, 4.69) is 10.3 Å². The summed E-state index contributed by atoms with van der Waals surface area (Å²) >= 11 is 6.04. The Labute approximate surface area is 173 Å². The summed E-state index contributed by atoms with van der Waals surface area (Å²) in [6.07, 6.45) is 2.98.